The summed E-state index contributed by atoms with van der Waals surface area (Å²) in [4.78, 5) is 2.81. The molecule has 0 aliphatic carbocycles. The van der Waals surface area contributed by atoms with Crippen LogP contribution in [0.2, 0.25) is 0 Å². The molecule has 1 unspecified atom stereocenters. The molecule has 0 bridgehead atoms. The molecule has 0 aliphatic heterocycles. The smallest absolute Gasteiger partial charge is 0.138 e. The molecule has 2 aromatic carbocycles. The van der Waals surface area contributed by atoms with Crippen molar-refractivity contribution in [2.45, 2.75) is 65.8 Å². The standard InChI is InChI=1S/C27H37NO3S/c1-8-12-28(17(5)6)23-13-19(10-11-24(23)29)27(18(7)32)20(9-2)22-14-21(16(3)4)25(30)15-26(22)31/h9-11,13-17,27,29-32H,7-8,12H2,1-6H3/b20-9-. The highest BCUT2D eigenvalue weighted by Gasteiger charge is 2.25. The van der Waals surface area contributed by atoms with Crippen molar-refractivity contribution in [2.24, 2.45) is 0 Å². The Bertz CT molecular complexity index is 995. The van der Waals surface area contributed by atoms with E-state index < -0.39 is 0 Å². The number of anilines is 1. The molecule has 2 rings (SSSR count). The first kappa shape index (κ1) is 25.7. The van der Waals surface area contributed by atoms with Crippen molar-refractivity contribution < 1.29 is 15.3 Å². The zero-order valence-corrected chi connectivity index (χ0v) is 20.9. The largest absolute Gasteiger partial charge is 0.508 e. The molecule has 0 heterocycles. The van der Waals surface area contributed by atoms with E-state index in [9.17, 15) is 15.3 Å². The minimum absolute atomic E-state index is 0.00775. The topological polar surface area (TPSA) is 63.9 Å². The molecule has 5 heteroatoms. The van der Waals surface area contributed by atoms with Crippen LogP contribution in [0.15, 0.2) is 47.9 Å². The van der Waals surface area contributed by atoms with Crippen molar-refractivity contribution in [3.63, 3.8) is 0 Å². The van der Waals surface area contributed by atoms with Crippen molar-refractivity contribution in [1.82, 2.24) is 0 Å². The zero-order chi connectivity index (χ0) is 24.2. The molecule has 0 saturated carbocycles. The average Bonchev–Trinajstić information content (AvgIpc) is 2.71. The summed E-state index contributed by atoms with van der Waals surface area (Å²) in [5.41, 5.74) is 3.94. The number of hydrogen-bond acceptors (Lipinski definition) is 5. The normalized spacial score (nSPS) is 13.0. The predicted octanol–water partition coefficient (Wildman–Crippen LogP) is 7.18. The third-order valence-electron chi connectivity index (χ3n) is 5.76. The van der Waals surface area contributed by atoms with Crippen LogP contribution in [0.3, 0.4) is 0 Å². The van der Waals surface area contributed by atoms with Crippen LogP contribution in [-0.4, -0.2) is 27.9 Å². The number of allylic oxidation sites excluding steroid dienone is 3. The minimum atomic E-state index is -0.311. The Morgan fingerprint density at radius 1 is 1.03 bits per heavy atom. The van der Waals surface area contributed by atoms with Crippen LogP contribution in [0.1, 0.15) is 76.5 Å². The van der Waals surface area contributed by atoms with Crippen molar-refractivity contribution in [1.29, 1.82) is 0 Å². The first-order valence-electron chi connectivity index (χ1n) is 11.2. The first-order valence-corrected chi connectivity index (χ1v) is 11.7. The monoisotopic (exact) mass is 455 g/mol. The predicted molar refractivity (Wildman–Crippen MR) is 139 cm³/mol. The van der Waals surface area contributed by atoms with E-state index in [0.29, 0.717) is 10.5 Å². The van der Waals surface area contributed by atoms with E-state index in [1.54, 1.807) is 6.07 Å². The van der Waals surface area contributed by atoms with Crippen molar-refractivity contribution in [2.75, 3.05) is 11.4 Å². The van der Waals surface area contributed by atoms with Crippen molar-refractivity contribution in [3.05, 3.63) is 64.6 Å². The average molecular weight is 456 g/mol. The minimum Gasteiger partial charge on any atom is -0.508 e. The van der Waals surface area contributed by atoms with Crippen LogP contribution in [0.4, 0.5) is 5.69 Å². The lowest BCUT2D eigenvalue weighted by atomic mass is 9.84. The van der Waals surface area contributed by atoms with Gasteiger partial charge in [-0.1, -0.05) is 39.5 Å². The molecule has 0 aliphatic rings. The fourth-order valence-corrected chi connectivity index (χ4v) is 4.45. The second-order valence-electron chi connectivity index (χ2n) is 8.79. The molecular weight excluding hydrogens is 418 g/mol. The van der Waals surface area contributed by atoms with Gasteiger partial charge >= 0.3 is 0 Å². The van der Waals surface area contributed by atoms with Crippen LogP contribution in [0.5, 0.6) is 17.2 Å². The Hall–Kier alpha value is -2.53. The van der Waals surface area contributed by atoms with Crippen LogP contribution in [-0.2, 0) is 0 Å². The molecule has 0 radical (unpaired) electrons. The Balaban J connectivity index is 2.68. The fraction of sp³-hybridized carbons (Fsp3) is 0.407. The molecular formula is C27H37NO3S. The maximum absolute atomic E-state index is 10.7. The second-order valence-corrected chi connectivity index (χ2v) is 9.36. The maximum atomic E-state index is 10.7. The molecule has 0 spiro atoms. The molecule has 0 aromatic heterocycles. The zero-order valence-electron chi connectivity index (χ0n) is 20.1. The quantitative estimate of drug-likeness (QED) is 0.302. The first-order chi connectivity index (χ1) is 15.0. The Labute approximate surface area is 198 Å². The van der Waals surface area contributed by atoms with E-state index in [2.05, 4.69) is 44.9 Å². The van der Waals surface area contributed by atoms with Crippen molar-refractivity contribution >= 4 is 23.9 Å². The molecule has 2 aromatic rings. The number of phenolic OH excluding ortho intramolecular Hbond substituents is 3. The van der Waals surface area contributed by atoms with Gasteiger partial charge < -0.3 is 20.2 Å². The highest BCUT2D eigenvalue weighted by atomic mass is 32.1. The van der Waals surface area contributed by atoms with Gasteiger partial charge in [0, 0.05) is 30.1 Å². The molecule has 0 amide bonds. The molecule has 32 heavy (non-hydrogen) atoms. The SMILES string of the molecule is C=C(S)C(/C(=C\C)c1cc(C(C)C)c(O)cc1O)c1ccc(O)c(N(CCC)C(C)C)c1. The lowest BCUT2D eigenvalue weighted by Gasteiger charge is -2.31. The number of hydrogen-bond donors (Lipinski definition) is 4. The molecule has 3 N–H and O–H groups in total. The summed E-state index contributed by atoms with van der Waals surface area (Å²) in [6.45, 7) is 17.2. The summed E-state index contributed by atoms with van der Waals surface area (Å²) < 4.78 is 0. The van der Waals surface area contributed by atoms with Gasteiger partial charge in [0.05, 0.1) is 5.69 Å². The van der Waals surface area contributed by atoms with E-state index >= 15 is 0 Å². The van der Waals surface area contributed by atoms with Gasteiger partial charge in [0.15, 0.2) is 0 Å². The van der Waals surface area contributed by atoms with Crippen LogP contribution >= 0.6 is 12.6 Å². The highest BCUT2D eigenvalue weighted by molar-refractivity contribution is 7.84. The van der Waals surface area contributed by atoms with Crippen LogP contribution < -0.4 is 4.90 Å². The van der Waals surface area contributed by atoms with Gasteiger partial charge in [-0.2, -0.15) is 0 Å². The van der Waals surface area contributed by atoms with Gasteiger partial charge in [-0.25, -0.2) is 0 Å². The third-order valence-corrected chi connectivity index (χ3v) is 6.02. The Morgan fingerprint density at radius 3 is 2.19 bits per heavy atom. The number of rotatable bonds is 9. The number of aromatic hydroxyl groups is 3. The van der Waals surface area contributed by atoms with E-state index in [-0.39, 0.29) is 35.1 Å². The number of thiol groups is 1. The van der Waals surface area contributed by atoms with Gasteiger partial charge in [0.1, 0.15) is 17.2 Å². The lowest BCUT2D eigenvalue weighted by Crippen LogP contribution is -2.31. The Kier molecular flexibility index (Phi) is 8.73. The summed E-state index contributed by atoms with van der Waals surface area (Å²) in [6.07, 6.45) is 2.91. The summed E-state index contributed by atoms with van der Waals surface area (Å²) in [5.74, 6) is 0.106. The summed E-state index contributed by atoms with van der Waals surface area (Å²) in [6, 6.07) is 9.04. The number of phenols is 3. The van der Waals surface area contributed by atoms with E-state index in [1.165, 1.54) is 6.07 Å². The van der Waals surface area contributed by atoms with Crippen molar-refractivity contribution in [3.8, 4) is 17.2 Å². The molecule has 1 atom stereocenters. The van der Waals surface area contributed by atoms with Gasteiger partial charge in [0.2, 0.25) is 0 Å². The van der Waals surface area contributed by atoms with Gasteiger partial charge in [0.25, 0.3) is 0 Å². The maximum Gasteiger partial charge on any atom is 0.138 e. The molecule has 0 saturated heterocycles. The molecule has 4 nitrogen and oxygen atoms in total. The molecule has 0 fully saturated rings. The summed E-state index contributed by atoms with van der Waals surface area (Å²) >= 11 is 4.62. The lowest BCUT2D eigenvalue weighted by molar-refractivity contribution is 0.442. The number of nitrogens with zero attached hydrogens (tertiary/aromatic N) is 1. The Morgan fingerprint density at radius 2 is 1.69 bits per heavy atom. The van der Waals surface area contributed by atoms with Gasteiger partial charge in [-0.15, -0.1) is 12.6 Å². The van der Waals surface area contributed by atoms with Gasteiger partial charge in [-0.3, -0.25) is 0 Å². The van der Waals surface area contributed by atoms with Gasteiger partial charge in [-0.05, 0) is 72.9 Å². The van der Waals surface area contributed by atoms with E-state index in [4.69, 9.17) is 0 Å². The van der Waals surface area contributed by atoms with Crippen LogP contribution in [0.25, 0.3) is 5.57 Å². The molecule has 174 valence electrons. The highest BCUT2D eigenvalue weighted by Crippen LogP contribution is 2.45. The van der Waals surface area contributed by atoms with E-state index in [0.717, 1.165) is 35.4 Å². The van der Waals surface area contributed by atoms with E-state index in [1.807, 2.05) is 45.0 Å². The number of benzene rings is 2. The second kappa shape index (κ2) is 10.9. The summed E-state index contributed by atoms with van der Waals surface area (Å²) in [5, 5.41) is 31.6. The fourth-order valence-electron chi connectivity index (χ4n) is 4.16. The summed E-state index contributed by atoms with van der Waals surface area (Å²) in [7, 11) is 0. The third kappa shape index (κ3) is 5.44. The van der Waals surface area contributed by atoms with Crippen LogP contribution in [0, 0.1) is 0 Å².